The van der Waals surface area contributed by atoms with E-state index in [0.29, 0.717) is 29.4 Å². The number of amides is 2. The van der Waals surface area contributed by atoms with Crippen LogP contribution in [0.15, 0.2) is 53.6 Å². The van der Waals surface area contributed by atoms with Crippen LogP contribution in [0, 0.1) is 0 Å². The molecule has 2 aromatic rings. The van der Waals surface area contributed by atoms with E-state index in [1.165, 1.54) is 13.3 Å². The molecule has 0 aliphatic carbocycles. The maximum atomic E-state index is 11.9. The minimum absolute atomic E-state index is 0.191. The molecular formula is C20H21N3O6. The Morgan fingerprint density at radius 2 is 1.55 bits per heavy atom. The van der Waals surface area contributed by atoms with E-state index >= 15 is 0 Å². The Kier molecular flexibility index (Phi) is 8.18. The van der Waals surface area contributed by atoms with E-state index in [1.54, 1.807) is 48.5 Å². The summed E-state index contributed by atoms with van der Waals surface area (Å²) in [5.74, 6) is -1.10. The first-order valence-electron chi connectivity index (χ1n) is 8.68. The molecule has 0 atom stereocenters. The van der Waals surface area contributed by atoms with Gasteiger partial charge in [0, 0.05) is 5.69 Å². The van der Waals surface area contributed by atoms with Crippen LogP contribution >= 0.6 is 0 Å². The van der Waals surface area contributed by atoms with Crippen molar-refractivity contribution in [2.24, 2.45) is 5.10 Å². The molecule has 0 heterocycles. The lowest BCUT2D eigenvalue weighted by molar-refractivity contribution is -0.142. The van der Waals surface area contributed by atoms with E-state index in [-0.39, 0.29) is 6.61 Å². The molecular weight excluding hydrogens is 378 g/mol. The molecule has 0 bridgehead atoms. The van der Waals surface area contributed by atoms with Gasteiger partial charge in [0.2, 0.25) is 0 Å². The fraction of sp³-hybridized carbons (Fsp3) is 0.200. The van der Waals surface area contributed by atoms with Crippen LogP contribution in [0.1, 0.15) is 12.5 Å². The van der Waals surface area contributed by atoms with Crippen LogP contribution in [0.25, 0.3) is 0 Å². The number of hydrogen-bond acceptors (Lipinski definition) is 7. The van der Waals surface area contributed by atoms with E-state index < -0.39 is 17.8 Å². The fourth-order valence-electron chi connectivity index (χ4n) is 2.06. The summed E-state index contributed by atoms with van der Waals surface area (Å²) in [6, 6.07) is 13.2. The van der Waals surface area contributed by atoms with Crippen LogP contribution in [-0.2, 0) is 19.1 Å². The molecule has 0 aliphatic rings. The smallest absolute Gasteiger partial charge is 0.343 e. The zero-order chi connectivity index (χ0) is 21.1. The predicted octanol–water partition coefficient (Wildman–Crippen LogP) is 1.73. The third kappa shape index (κ3) is 7.33. The minimum Gasteiger partial charge on any atom is -0.494 e. The van der Waals surface area contributed by atoms with Crippen molar-refractivity contribution in [2.75, 3.05) is 25.6 Å². The second kappa shape index (κ2) is 11.1. The van der Waals surface area contributed by atoms with Crippen molar-refractivity contribution in [2.45, 2.75) is 6.92 Å². The fourth-order valence-corrected chi connectivity index (χ4v) is 2.06. The van der Waals surface area contributed by atoms with E-state index in [1.807, 2.05) is 6.92 Å². The Hall–Kier alpha value is -3.88. The van der Waals surface area contributed by atoms with E-state index in [0.717, 1.165) is 0 Å². The summed E-state index contributed by atoms with van der Waals surface area (Å²) in [5, 5.41) is 6.20. The standard InChI is InChI=1S/C20H21N3O6/c1-3-28-16-10-6-15(7-11-16)22-19(25)20(26)23-21-12-14-4-8-17(9-5-14)29-13-18(24)27-2/h4-12H,3,13H2,1-2H3,(H,22,25)(H,23,26)/b21-12-. The number of ether oxygens (including phenoxy) is 3. The average Bonchev–Trinajstić information content (AvgIpc) is 2.74. The maximum absolute atomic E-state index is 11.9. The molecule has 9 nitrogen and oxygen atoms in total. The van der Waals surface area contributed by atoms with Gasteiger partial charge in [-0.25, -0.2) is 10.2 Å². The van der Waals surface area contributed by atoms with Crippen molar-refractivity contribution in [3.63, 3.8) is 0 Å². The van der Waals surface area contributed by atoms with E-state index in [2.05, 4.69) is 20.6 Å². The molecule has 2 N–H and O–H groups in total. The first-order valence-corrected chi connectivity index (χ1v) is 8.68. The van der Waals surface area contributed by atoms with Gasteiger partial charge in [0.15, 0.2) is 6.61 Å². The van der Waals surface area contributed by atoms with Crippen molar-refractivity contribution in [3.8, 4) is 11.5 Å². The first kappa shape index (κ1) is 21.4. The Balaban J connectivity index is 1.80. The molecule has 0 radical (unpaired) electrons. The largest absolute Gasteiger partial charge is 0.494 e. The molecule has 0 aliphatic heterocycles. The molecule has 0 saturated heterocycles. The average molecular weight is 399 g/mol. The zero-order valence-electron chi connectivity index (χ0n) is 16.0. The summed E-state index contributed by atoms with van der Waals surface area (Å²) in [7, 11) is 1.28. The van der Waals surface area contributed by atoms with Crippen LogP contribution in [-0.4, -0.2) is 44.3 Å². The van der Waals surface area contributed by atoms with Crippen LogP contribution in [0.5, 0.6) is 11.5 Å². The Morgan fingerprint density at radius 3 is 2.17 bits per heavy atom. The van der Waals surface area contributed by atoms with Gasteiger partial charge in [0.25, 0.3) is 0 Å². The molecule has 2 aromatic carbocycles. The lowest BCUT2D eigenvalue weighted by Gasteiger charge is -2.06. The van der Waals surface area contributed by atoms with Gasteiger partial charge in [-0.1, -0.05) is 0 Å². The van der Waals surface area contributed by atoms with Gasteiger partial charge in [-0.15, -0.1) is 0 Å². The van der Waals surface area contributed by atoms with Gasteiger partial charge in [-0.3, -0.25) is 9.59 Å². The zero-order valence-corrected chi connectivity index (χ0v) is 16.0. The van der Waals surface area contributed by atoms with Gasteiger partial charge < -0.3 is 19.5 Å². The third-order valence-corrected chi connectivity index (χ3v) is 3.47. The number of nitrogens with zero attached hydrogens (tertiary/aromatic N) is 1. The number of hydrazone groups is 1. The summed E-state index contributed by atoms with van der Waals surface area (Å²) in [4.78, 5) is 34.7. The predicted molar refractivity (Wildman–Crippen MR) is 106 cm³/mol. The number of esters is 1. The number of anilines is 1. The van der Waals surface area contributed by atoms with Gasteiger partial charge in [0.05, 0.1) is 19.9 Å². The molecule has 152 valence electrons. The van der Waals surface area contributed by atoms with Gasteiger partial charge in [-0.2, -0.15) is 5.10 Å². The number of hydrogen-bond donors (Lipinski definition) is 2. The minimum atomic E-state index is -0.909. The molecule has 0 aromatic heterocycles. The van der Waals surface area contributed by atoms with E-state index in [9.17, 15) is 14.4 Å². The maximum Gasteiger partial charge on any atom is 0.343 e. The van der Waals surface area contributed by atoms with Crippen LogP contribution in [0.2, 0.25) is 0 Å². The highest BCUT2D eigenvalue weighted by atomic mass is 16.6. The number of methoxy groups -OCH3 is 1. The van der Waals surface area contributed by atoms with Crippen LogP contribution in [0.3, 0.4) is 0 Å². The number of benzene rings is 2. The normalized spacial score (nSPS) is 10.3. The second-order valence-electron chi connectivity index (χ2n) is 5.54. The summed E-state index contributed by atoms with van der Waals surface area (Å²) >= 11 is 0. The third-order valence-electron chi connectivity index (χ3n) is 3.47. The highest BCUT2D eigenvalue weighted by molar-refractivity contribution is 6.39. The highest BCUT2D eigenvalue weighted by Crippen LogP contribution is 2.15. The van der Waals surface area contributed by atoms with Crippen molar-refractivity contribution in [1.29, 1.82) is 0 Å². The van der Waals surface area contributed by atoms with Gasteiger partial charge >= 0.3 is 17.8 Å². The summed E-state index contributed by atoms with van der Waals surface area (Å²) in [6.45, 7) is 2.21. The lowest BCUT2D eigenvalue weighted by Crippen LogP contribution is -2.32. The summed E-state index contributed by atoms with van der Waals surface area (Å²) in [5.41, 5.74) is 3.26. The Bertz CT molecular complexity index is 863. The van der Waals surface area contributed by atoms with Crippen molar-refractivity contribution >= 4 is 29.7 Å². The monoisotopic (exact) mass is 399 g/mol. The first-order chi connectivity index (χ1) is 14.0. The van der Waals surface area contributed by atoms with Crippen LogP contribution in [0.4, 0.5) is 5.69 Å². The topological polar surface area (TPSA) is 115 Å². The lowest BCUT2D eigenvalue weighted by atomic mass is 10.2. The molecule has 0 spiro atoms. The van der Waals surface area contributed by atoms with Crippen LogP contribution < -0.4 is 20.2 Å². The molecule has 2 amide bonds. The number of nitrogens with one attached hydrogen (secondary N) is 2. The molecule has 29 heavy (non-hydrogen) atoms. The summed E-state index contributed by atoms with van der Waals surface area (Å²) in [6.07, 6.45) is 1.37. The number of carbonyl (C=O) groups excluding carboxylic acids is 3. The Morgan fingerprint density at radius 1 is 0.931 bits per heavy atom. The molecule has 0 fully saturated rings. The van der Waals surface area contributed by atoms with Gasteiger partial charge in [-0.05, 0) is 61.0 Å². The quantitative estimate of drug-likeness (QED) is 0.302. The van der Waals surface area contributed by atoms with Gasteiger partial charge in [0.1, 0.15) is 11.5 Å². The molecule has 0 saturated carbocycles. The Labute approximate surface area is 167 Å². The van der Waals surface area contributed by atoms with Crippen molar-refractivity contribution in [1.82, 2.24) is 5.43 Å². The molecule has 0 unspecified atom stereocenters. The second-order valence-corrected chi connectivity index (χ2v) is 5.54. The van der Waals surface area contributed by atoms with Crippen molar-refractivity contribution in [3.05, 3.63) is 54.1 Å². The SMILES string of the molecule is CCOc1ccc(NC(=O)C(=O)N/N=C\c2ccc(OCC(=O)OC)cc2)cc1. The summed E-state index contributed by atoms with van der Waals surface area (Å²) < 4.78 is 15.0. The van der Waals surface area contributed by atoms with E-state index in [4.69, 9.17) is 9.47 Å². The number of rotatable bonds is 8. The highest BCUT2D eigenvalue weighted by Gasteiger charge is 2.12. The van der Waals surface area contributed by atoms with Crippen molar-refractivity contribution < 1.29 is 28.6 Å². The molecule has 2 rings (SSSR count). The number of carbonyl (C=O) groups is 3. The molecule has 9 heteroatoms.